The third kappa shape index (κ3) is 19.1. The van der Waals surface area contributed by atoms with Crippen molar-refractivity contribution in [2.24, 2.45) is 35.3 Å². The maximum atomic E-state index is 16.6. The molecule has 14 atom stereocenters. The number of phenols is 2. The number of unbranched alkanes of at least 4 members (excludes halogenated alkanes) is 2. The number of hydrogen-bond acceptors (Lipinski definition) is 24. The van der Waals surface area contributed by atoms with Gasteiger partial charge in [0.15, 0.2) is 11.5 Å². The number of carbonyl (C=O) groups excluding carboxylic acids is 9. The molecule has 642 valence electrons. The van der Waals surface area contributed by atoms with E-state index in [0.717, 1.165) is 57.1 Å². The molecule has 0 radical (unpaired) electrons. The van der Waals surface area contributed by atoms with E-state index in [-0.39, 0.29) is 115 Å². The van der Waals surface area contributed by atoms with Crippen LogP contribution in [0.2, 0.25) is 5.02 Å². The number of hydrogen-bond donors (Lipinski definition) is 18. The van der Waals surface area contributed by atoms with Crippen molar-refractivity contribution in [1.82, 2.24) is 47.9 Å². The topological polar surface area (TPSA) is 497 Å². The highest BCUT2D eigenvalue weighted by Gasteiger charge is 2.51. The average Bonchev–Trinajstić information content (AvgIpc) is 0.754. The van der Waals surface area contributed by atoms with Gasteiger partial charge in [0, 0.05) is 24.2 Å². The van der Waals surface area contributed by atoms with Crippen LogP contribution in [0.15, 0.2) is 97.1 Å². The minimum Gasteiger partial charge on any atom is -0.508 e. The van der Waals surface area contributed by atoms with E-state index < -0.39 is 180 Å². The third-order valence-corrected chi connectivity index (χ3v) is 23.7. The Balaban J connectivity index is 0.987. The largest absolute Gasteiger partial charge is 0.508 e. The van der Waals surface area contributed by atoms with Crippen LogP contribution in [-0.2, 0) is 43.1 Å². The van der Waals surface area contributed by atoms with Crippen LogP contribution >= 0.6 is 11.6 Å². The second-order valence-electron chi connectivity index (χ2n) is 32.6. The summed E-state index contributed by atoms with van der Waals surface area (Å²) in [5.41, 5.74) is 5.73. The molecule has 10 aliphatic rings. The van der Waals surface area contributed by atoms with E-state index in [2.05, 4.69) is 53.2 Å². The number of aliphatic hydroxyl groups is 5. The molecule has 6 aromatic rings. The number of amides is 10. The van der Waals surface area contributed by atoms with Gasteiger partial charge in [-0.2, -0.15) is 0 Å². The van der Waals surface area contributed by atoms with E-state index in [4.69, 9.17) is 45.8 Å². The number of likely N-dealkylation sites (N-methyl/N-ethyl adjacent to an activating group) is 1. The first-order chi connectivity index (χ1) is 57.4. The van der Waals surface area contributed by atoms with Gasteiger partial charge in [0.2, 0.25) is 59.3 Å². The van der Waals surface area contributed by atoms with Crippen LogP contribution in [0.1, 0.15) is 168 Å². The summed E-state index contributed by atoms with van der Waals surface area (Å²) in [6.45, 7) is 10.9. The van der Waals surface area contributed by atoms with Gasteiger partial charge in [-0.15, -0.1) is 0 Å². The fourth-order valence-electron chi connectivity index (χ4n) is 17.4. The van der Waals surface area contributed by atoms with E-state index in [9.17, 15) is 50.1 Å². The first-order valence-corrected chi connectivity index (χ1v) is 41.1. The summed E-state index contributed by atoms with van der Waals surface area (Å²) in [5.74, 6) is -10.5. The van der Waals surface area contributed by atoms with Crippen molar-refractivity contribution in [2.75, 3.05) is 32.1 Å². The predicted molar refractivity (Wildman–Crippen MR) is 434 cm³/mol. The molecule has 6 heterocycles. The number of nitrogens with two attached hydrogens (primary N) is 1. The first-order valence-electron chi connectivity index (χ1n) is 40.7. The Morgan fingerprint density at radius 1 is 0.633 bits per heavy atom. The van der Waals surface area contributed by atoms with E-state index in [0.29, 0.717) is 37.0 Å². The number of aliphatic hydroxyl groups excluding tert-OH is 5. The summed E-state index contributed by atoms with van der Waals surface area (Å²) >= 11 is 7.23. The number of imide groups is 1. The lowest BCUT2D eigenvalue weighted by Gasteiger charge is -2.54. The number of aromatic hydroxyl groups is 2. The van der Waals surface area contributed by atoms with E-state index in [1.165, 1.54) is 86.8 Å². The molecule has 4 saturated carbocycles. The lowest BCUT2D eigenvalue weighted by atomic mass is 9.54. The third-order valence-electron chi connectivity index (χ3n) is 23.4. The van der Waals surface area contributed by atoms with Crippen molar-refractivity contribution in [3.05, 3.63) is 141 Å². The summed E-state index contributed by atoms with van der Waals surface area (Å²) in [6.07, 6.45) is -6.79. The van der Waals surface area contributed by atoms with Crippen LogP contribution in [0.4, 0.5) is 10.5 Å². The molecule has 4 aliphatic carbocycles. The molecule has 1 saturated heterocycles. The lowest BCUT2D eigenvalue weighted by molar-refractivity contribution is -0.270. The molecule has 16 rings (SSSR count). The highest BCUT2D eigenvalue weighted by Crippen LogP contribution is 2.55. The predicted octanol–water partition coefficient (Wildman–Crippen LogP) is 6.17. The van der Waals surface area contributed by atoms with Crippen molar-refractivity contribution >= 4 is 70.6 Å². The van der Waals surface area contributed by atoms with Crippen LogP contribution < -0.4 is 82.6 Å². The molecular formula is C86H104ClN11O22. The van der Waals surface area contributed by atoms with Crippen LogP contribution in [0, 0.1) is 43.4 Å². The molecule has 0 unspecified atom stereocenters. The number of rotatable bonds is 21. The number of urea groups is 1. The normalized spacial score (nSPS) is 27.2. The molecule has 120 heavy (non-hydrogen) atoms. The first kappa shape index (κ1) is 87.0. The molecule has 15 bridgehead atoms. The van der Waals surface area contributed by atoms with Gasteiger partial charge in [-0.3, -0.25) is 43.7 Å². The fourth-order valence-corrected chi connectivity index (χ4v) is 17.6. The van der Waals surface area contributed by atoms with Crippen LogP contribution in [0.5, 0.6) is 51.7 Å². The number of anilines is 1. The molecule has 10 amide bonds. The maximum Gasteiger partial charge on any atom is 0.325 e. The van der Waals surface area contributed by atoms with Crippen LogP contribution in [0.25, 0.3) is 11.1 Å². The Morgan fingerprint density at radius 3 is 1.93 bits per heavy atom. The Bertz CT molecular complexity index is 4870. The zero-order valence-corrected chi connectivity index (χ0v) is 68.1. The summed E-state index contributed by atoms with van der Waals surface area (Å²) in [4.78, 5) is 139. The van der Waals surface area contributed by atoms with Crippen molar-refractivity contribution < 1.29 is 107 Å². The van der Waals surface area contributed by atoms with Gasteiger partial charge in [0.05, 0.1) is 36.4 Å². The Morgan fingerprint density at radius 2 is 1.27 bits per heavy atom. The highest BCUT2D eigenvalue weighted by atomic mass is 35.5. The van der Waals surface area contributed by atoms with Crippen LogP contribution in [-0.4, -0.2) is 177 Å². The molecule has 34 heteroatoms. The molecule has 33 nitrogen and oxygen atoms in total. The molecule has 0 spiro atoms. The van der Waals surface area contributed by atoms with Gasteiger partial charge in [-0.05, 0) is 219 Å². The zero-order chi connectivity index (χ0) is 85.8. The number of carbonyl (C=O) groups is 9. The second kappa shape index (κ2) is 37.4. The summed E-state index contributed by atoms with van der Waals surface area (Å²) in [6, 6.07) is 5.96. The lowest BCUT2D eigenvalue weighted by Crippen LogP contribution is -2.60. The smallest absolute Gasteiger partial charge is 0.325 e. The Labute approximate surface area is 697 Å². The zero-order valence-electron chi connectivity index (χ0n) is 67.4. The number of nitrogens with one attached hydrogen (secondary N) is 10. The Hall–Kier alpha value is -10.9. The highest BCUT2D eigenvalue weighted by molar-refractivity contribution is 6.32. The number of phenolic OH excluding ortho intramolecular Hbond substituents is 2. The Kier molecular flexibility index (Phi) is 27.1. The minimum atomic E-state index is -2.32. The second-order valence-corrected chi connectivity index (χ2v) is 33.0. The van der Waals surface area contributed by atoms with Gasteiger partial charge in [-0.25, -0.2) is 4.79 Å². The number of ether oxygens (including phenoxy) is 6. The minimum absolute atomic E-state index is 0.0341. The monoisotopic (exact) mass is 1680 g/mol. The molecule has 0 aromatic heterocycles. The van der Waals surface area contributed by atoms with Gasteiger partial charge in [0.25, 0.3) is 0 Å². The quantitative estimate of drug-likeness (QED) is 0.0358. The van der Waals surface area contributed by atoms with E-state index in [1.54, 1.807) is 19.1 Å². The fraction of sp³-hybridized carbons (Fsp3) is 0.477. The van der Waals surface area contributed by atoms with Crippen molar-refractivity contribution in [3.8, 4) is 62.9 Å². The number of benzene rings is 6. The standard InChI is InChI=1S/C86H104ClN11O22/c1-8-10-20-115-50-15-19-60(116-21-11-9-2)54(35-50)91-86(114)92-64(101)36-56-79(108)94-68-48-32-61(117-58-17-13-44(23-39(58)5)72(102)70(83(112)90-56)97-78(107)55(89-7)22-38(3)4)77(120-85-76(106)75(105)74(104)63(37-88)119-85)62(33-48)118-59-18-14-45(31-53(59)87)73(103)71-84(113)96-69(82(111)93-66-46-26-41-25-42(28-46)29-47(66)27-41)52-34-49(99)24-40(6)65(52)51-30-43(12-16-57(51)100)67(80(109)98-71)95-81(68)110/h12-19,23-24,30-35,38,41-42,46-47,55-56,63,66-76,85,89,99-100,102-106H,8-11,20-22,25-29,36-37,88H2,1-7H3,(H,90,112)(H,93,111)(H,94,108)(H,95,110)(H,96,113)(H,97,107)(H,98,109)(H2,91,92,101,114)/t41?,42?,46?,47?,55-,56+,63-,66?,67-,68-,69+,70-,71+,72-,73-,74-,75+,76-,85+/m1/s1. The van der Waals surface area contributed by atoms with Crippen molar-refractivity contribution in [1.29, 1.82) is 0 Å². The van der Waals surface area contributed by atoms with Crippen molar-refractivity contribution in [3.63, 3.8) is 0 Å². The maximum absolute atomic E-state index is 16.6. The van der Waals surface area contributed by atoms with Gasteiger partial charge >= 0.3 is 6.03 Å². The summed E-state index contributed by atoms with van der Waals surface area (Å²) in [5, 5.41) is 110. The van der Waals surface area contributed by atoms with E-state index >= 15 is 28.8 Å². The average molecular weight is 1680 g/mol. The molecule has 6 aromatic carbocycles. The van der Waals surface area contributed by atoms with E-state index in [1.807, 2.05) is 27.7 Å². The molecule has 5 fully saturated rings. The van der Waals surface area contributed by atoms with Gasteiger partial charge in [-0.1, -0.05) is 70.3 Å². The number of fused-ring (bicyclic) bond motifs is 15. The SMILES string of the molecule is CCCCOc1ccc(OCCCC)c(NC(=O)NC(=O)C[C@@H]2NC(=O)[C@H](NC(=O)[C@@H](CC(C)C)NC)[C@H](O)c3ccc(c(C)c3)Oc3cc4cc(c3O[C@@H]3O[C@H](CN)[C@@H](O)[C@H](O)[C@H]3O)Oc3ccc(cc3Cl)[C@@H](O)[C@@H]3NC(=O)[C@H](NC(=O)[C@@H]4NC2=O)c2ccc(O)c(c2)-c2c(C)cc(O)cc2[C@@H](C(=O)NC2C4CC5CC(C4)CC2C5)NC3=O)c1. The molecule has 6 aliphatic heterocycles. The summed E-state index contributed by atoms with van der Waals surface area (Å²) in [7, 11) is 1.51. The van der Waals surface area contributed by atoms with Gasteiger partial charge < -0.3 is 118 Å². The number of halogens is 1. The van der Waals surface area contributed by atoms with Gasteiger partial charge in [0.1, 0.15) is 107 Å². The molecule has 19 N–H and O–H groups in total. The number of aryl methyl sites for hydroxylation is 2. The van der Waals surface area contributed by atoms with Crippen molar-refractivity contribution in [2.45, 2.75) is 203 Å². The molecular weight excluding hydrogens is 1570 g/mol. The van der Waals surface area contributed by atoms with Crippen LogP contribution in [0.3, 0.4) is 0 Å². The summed E-state index contributed by atoms with van der Waals surface area (Å²) < 4.78 is 38.0.